The topological polar surface area (TPSA) is 77.7 Å². The molecule has 1 saturated heterocycles. The molecule has 0 spiro atoms. The van der Waals surface area contributed by atoms with Crippen LogP contribution in [0.1, 0.15) is 29.1 Å². The van der Waals surface area contributed by atoms with Crippen molar-refractivity contribution in [3.05, 3.63) is 35.7 Å². The first kappa shape index (κ1) is 19.6. The van der Waals surface area contributed by atoms with E-state index in [1.165, 1.54) is 29.2 Å². The Morgan fingerprint density at radius 2 is 2.21 bits per heavy atom. The number of hydrogen-bond acceptors (Lipinski definition) is 7. The Morgan fingerprint density at radius 1 is 1.38 bits per heavy atom. The van der Waals surface area contributed by atoms with Crippen molar-refractivity contribution in [1.82, 2.24) is 10.1 Å². The van der Waals surface area contributed by atoms with Crippen molar-refractivity contribution < 1.29 is 32.0 Å². The number of ether oxygens (including phenoxy) is 2. The molecule has 1 aromatic carbocycles. The number of anilines is 1. The number of carbonyl (C=O) groups excluding carboxylic acids is 1. The van der Waals surface area contributed by atoms with Gasteiger partial charge in [0, 0.05) is 18.7 Å². The number of aromatic nitrogens is 2. The molecule has 7 nitrogen and oxygen atoms in total. The highest BCUT2D eigenvalue weighted by Gasteiger charge is 2.32. The number of rotatable bonds is 5. The Morgan fingerprint density at radius 3 is 2.86 bits per heavy atom. The van der Waals surface area contributed by atoms with E-state index in [2.05, 4.69) is 14.9 Å². The van der Waals surface area contributed by atoms with Crippen LogP contribution in [0.2, 0.25) is 0 Å². The highest BCUT2D eigenvalue weighted by Crippen LogP contribution is 2.34. The summed E-state index contributed by atoms with van der Waals surface area (Å²) in [6.07, 6.45) is -3.24. The van der Waals surface area contributed by atoms with E-state index >= 15 is 0 Å². The molecular weight excluding hydrogens is 411 g/mol. The number of carbonyl (C=O) groups is 1. The largest absolute Gasteiger partial charge is 0.573 e. The van der Waals surface area contributed by atoms with Crippen molar-refractivity contribution in [3.63, 3.8) is 0 Å². The molecule has 2 aromatic heterocycles. The first-order valence-corrected chi connectivity index (χ1v) is 9.63. The fourth-order valence-corrected chi connectivity index (χ4v) is 4.04. The van der Waals surface area contributed by atoms with Crippen molar-refractivity contribution in [2.45, 2.75) is 32.2 Å². The van der Waals surface area contributed by atoms with Gasteiger partial charge in [-0.2, -0.15) is 0 Å². The number of alkyl halides is 3. The molecule has 1 atom stereocenters. The molecule has 0 bridgehead atoms. The maximum atomic E-state index is 13.0. The smallest absolute Gasteiger partial charge is 0.406 e. The van der Waals surface area contributed by atoms with E-state index in [4.69, 9.17) is 9.26 Å². The summed E-state index contributed by atoms with van der Waals surface area (Å²) in [6.45, 7) is 2.57. The number of amides is 1. The Balaban J connectivity index is 1.67. The first-order valence-electron chi connectivity index (χ1n) is 8.81. The van der Waals surface area contributed by atoms with Crippen molar-refractivity contribution in [3.8, 4) is 5.75 Å². The first-order chi connectivity index (χ1) is 13.8. The monoisotopic (exact) mass is 427 g/mol. The predicted molar refractivity (Wildman–Crippen MR) is 98.2 cm³/mol. The van der Waals surface area contributed by atoms with Crippen LogP contribution < -0.4 is 9.64 Å². The zero-order valence-corrected chi connectivity index (χ0v) is 16.0. The molecule has 1 amide bonds. The lowest BCUT2D eigenvalue weighted by atomic mass is 10.2. The summed E-state index contributed by atoms with van der Waals surface area (Å²) in [5, 5.41) is 4.07. The van der Waals surface area contributed by atoms with E-state index in [9.17, 15) is 18.0 Å². The molecule has 4 rings (SSSR count). The molecule has 0 N–H and O–H groups in total. The van der Waals surface area contributed by atoms with Gasteiger partial charge in [-0.1, -0.05) is 16.5 Å². The molecule has 1 aliphatic heterocycles. The predicted octanol–water partition coefficient (Wildman–Crippen LogP) is 4.32. The molecule has 1 unspecified atom stereocenters. The van der Waals surface area contributed by atoms with Gasteiger partial charge in [0.1, 0.15) is 5.75 Å². The highest BCUT2D eigenvalue weighted by molar-refractivity contribution is 7.22. The van der Waals surface area contributed by atoms with Gasteiger partial charge in [-0.15, -0.1) is 13.2 Å². The van der Waals surface area contributed by atoms with Gasteiger partial charge in [-0.3, -0.25) is 9.69 Å². The molecule has 1 fully saturated rings. The molecule has 3 aromatic rings. The molecule has 3 heterocycles. The van der Waals surface area contributed by atoms with Gasteiger partial charge < -0.3 is 14.0 Å². The van der Waals surface area contributed by atoms with Crippen LogP contribution in [0.4, 0.5) is 18.3 Å². The third-order valence-electron chi connectivity index (χ3n) is 4.31. The van der Waals surface area contributed by atoms with Crippen LogP contribution in [-0.4, -0.2) is 41.7 Å². The average molecular weight is 427 g/mol. The second-order valence-corrected chi connectivity index (χ2v) is 7.57. The van der Waals surface area contributed by atoms with Crippen molar-refractivity contribution in [2.75, 3.05) is 18.1 Å². The third kappa shape index (κ3) is 4.51. The minimum atomic E-state index is -4.78. The Hall–Kier alpha value is -2.66. The Bertz CT molecular complexity index is 1030. The summed E-state index contributed by atoms with van der Waals surface area (Å²) in [5.41, 5.74) is 1.02. The lowest BCUT2D eigenvalue weighted by Gasteiger charge is -2.21. The number of thiazole rings is 1. The molecule has 0 radical (unpaired) electrons. The van der Waals surface area contributed by atoms with Gasteiger partial charge in [-0.25, -0.2) is 4.98 Å². The van der Waals surface area contributed by atoms with Gasteiger partial charge >= 0.3 is 6.36 Å². The van der Waals surface area contributed by atoms with Crippen LogP contribution in [0.15, 0.2) is 28.8 Å². The number of nitrogens with zero attached hydrogens (tertiary/aromatic N) is 3. The van der Waals surface area contributed by atoms with Gasteiger partial charge in [0.05, 0.1) is 28.6 Å². The molecule has 0 saturated carbocycles. The maximum absolute atomic E-state index is 13.0. The van der Waals surface area contributed by atoms with Crippen molar-refractivity contribution in [2.24, 2.45) is 0 Å². The standard InChI is InChI=1S/C18H16F3N3O4S/c1-10-7-14(28-23-10)16(25)24(9-12-3-2-6-26-12)17-22-13-5-4-11(8-15(13)29-17)27-18(19,20)21/h4-5,7-8,12H,2-3,6,9H2,1H3. The normalized spacial score (nSPS) is 17.0. The van der Waals surface area contributed by atoms with Crippen LogP contribution in [-0.2, 0) is 4.74 Å². The molecule has 154 valence electrons. The molecule has 0 aliphatic carbocycles. The number of benzene rings is 1. The lowest BCUT2D eigenvalue weighted by molar-refractivity contribution is -0.274. The Kier molecular flexibility index (Phi) is 5.17. The van der Waals surface area contributed by atoms with E-state index in [0.29, 0.717) is 27.6 Å². The van der Waals surface area contributed by atoms with Gasteiger partial charge in [0.25, 0.3) is 5.91 Å². The number of fused-ring (bicyclic) bond motifs is 1. The fraction of sp³-hybridized carbons (Fsp3) is 0.389. The molecule has 29 heavy (non-hydrogen) atoms. The minimum Gasteiger partial charge on any atom is -0.406 e. The van der Waals surface area contributed by atoms with Gasteiger partial charge in [-0.05, 0) is 31.9 Å². The van der Waals surface area contributed by atoms with Crippen molar-refractivity contribution in [1.29, 1.82) is 0 Å². The summed E-state index contributed by atoms with van der Waals surface area (Å²) >= 11 is 1.09. The second-order valence-electron chi connectivity index (χ2n) is 6.56. The summed E-state index contributed by atoms with van der Waals surface area (Å²) in [6, 6.07) is 5.37. The van der Waals surface area contributed by atoms with Crippen LogP contribution >= 0.6 is 11.3 Å². The summed E-state index contributed by atoms with van der Waals surface area (Å²) < 4.78 is 52.6. The zero-order chi connectivity index (χ0) is 20.6. The molecule has 1 aliphatic rings. The van der Waals surface area contributed by atoms with Gasteiger partial charge in [0.15, 0.2) is 5.13 Å². The number of hydrogen-bond donors (Lipinski definition) is 0. The van der Waals surface area contributed by atoms with Crippen LogP contribution in [0, 0.1) is 6.92 Å². The van der Waals surface area contributed by atoms with Crippen LogP contribution in [0.5, 0.6) is 5.75 Å². The van der Waals surface area contributed by atoms with Crippen LogP contribution in [0.3, 0.4) is 0 Å². The van der Waals surface area contributed by atoms with Crippen LogP contribution in [0.25, 0.3) is 10.2 Å². The number of aryl methyl sites for hydroxylation is 1. The second kappa shape index (κ2) is 7.64. The van der Waals surface area contributed by atoms with E-state index in [1.54, 1.807) is 6.92 Å². The SMILES string of the molecule is Cc1cc(C(=O)N(CC2CCCO2)c2nc3ccc(OC(F)(F)F)cc3s2)on1. The average Bonchev–Trinajstić information content (AvgIpc) is 3.37. The zero-order valence-electron chi connectivity index (χ0n) is 15.2. The quantitative estimate of drug-likeness (QED) is 0.604. The van der Waals surface area contributed by atoms with E-state index in [-0.39, 0.29) is 24.2 Å². The summed E-state index contributed by atoms with van der Waals surface area (Å²) in [5.74, 6) is -0.726. The van der Waals surface area contributed by atoms with E-state index < -0.39 is 12.3 Å². The van der Waals surface area contributed by atoms with E-state index in [0.717, 1.165) is 24.2 Å². The maximum Gasteiger partial charge on any atom is 0.573 e. The van der Waals surface area contributed by atoms with E-state index in [1.807, 2.05) is 0 Å². The summed E-state index contributed by atoms with van der Waals surface area (Å²) in [7, 11) is 0. The fourth-order valence-electron chi connectivity index (χ4n) is 3.04. The molecule has 11 heteroatoms. The number of halogens is 3. The lowest BCUT2D eigenvalue weighted by Crippen LogP contribution is -2.37. The van der Waals surface area contributed by atoms with Gasteiger partial charge in [0.2, 0.25) is 5.76 Å². The third-order valence-corrected chi connectivity index (χ3v) is 5.35. The summed E-state index contributed by atoms with van der Waals surface area (Å²) in [4.78, 5) is 18.8. The molecular formula is C18H16F3N3O4S. The highest BCUT2D eigenvalue weighted by atomic mass is 32.1. The van der Waals surface area contributed by atoms with Crippen molar-refractivity contribution >= 4 is 32.6 Å². The minimum absolute atomic E-state index is 0.0563. The Labute approximate surface area is 167 Å².